The van der Waals surface area contributed by atoms with Gasteiger partial charge in [0.1, 0.15) is 0 Å². The number of pyridine rings is 1. The van der Waals surface area contributed by atoms with Gasteiger partial charge in [0.15, 0.2) is 11.5 Å². The fourth-order valence-electron chi connectivity index (χ4n) is 3.94. The van der Waals surface area contributed by atoms with E-state index < -0.39 is 0 Å². The predicted octanol–water partition coefficient (Wildman–Crippen LogP) is 4.15. The van der Waals surface area contributed by atoms with Gasteiger partial charge in [-0.3, -0.25) is 4.98 Å². The number of nitrogens with zero attached hydrogens (tertiary/aromatic N) is 3. The third-order valence-corrected chi connectivity index (χ3v) is 5.89. The fraction of sp³-hybridized carbons (Fsp3) is 0.450. The van der Waals surface area contributed by atoms with Gasteiger partial charge in [-0.25, -0.2) is 0 Å². The smallest absolute Gasteiger partial charge is 0.169 e. The highest BCUT2D eigenvalue weighted by Crippen LogP contribution is 2.47. The molecule has 3 heterocycles. The second-order valence-corrected chi connectivity index (χ2v) is 7.99. The number of anilines is 2. The molecular weight excluding hydrogens is 392 g/mol. The summed E-state index contributed by atoms with van der Waals surface area (Å²) >= 11 is 3.60. The average Bonchev–Trinajstić information content (AvgIpc) is 2.67. The molecule has 138 valence electrons. The molecule has 6 heteroatoms. The van der Waals surface area contributed by atoms with Crippen molar-refractivity contribution < 1.29 is 4.74 Å². The quantitative estimate of drug-likeness (QED) is 0.792. The van der Waals surface area contributed by atoms with E-state index in [1.165, 1.54) is 32.4 Å². The standard InChI is InChI=1S/C20H25BrN4O/c21-16-1-2-19-18(13-16)25(17-3-8-23-14-20(17)26-19)11-6-15-4-9-24(10-5-15)12-7-22/h1-3,8,13-15H,4-7,9-12,22H2. The molecule has 5 nitrogen and oxygen atoms in total. The Morgan fingerprint density at radius 1 is 1.12 bits per heavy atom. The van der Waals surface area contributed by atoms with Crippen LogP contribution in [0.3, 0.4) is 0 Å². The maximum atomic E-state index is 6.05. The van der Waals surface area contributed by atoms with Crippen LogP contribution >= 0.6 is 15.9 Å². The monoisotopic (exact) mass is 416 g/mol. The molecule has 2 aliphatic heterocycles. The molecule has 4 rings (SSSR count). The first-order chi connectivity index (χ1) is 12.7. The molecule has 0 bridgehead atoms. The SMILES string of the molecule is NCCN1CCC(CCN2c3ccncc3Oc3ccc(Br)cc32)CC1. The highest BCUT2D eigenvalue weighted by atomic mass is 79.9. The number of hydrogen-bond donors (Lipinski definition) is 1. The zero-order chi connectivity index (χ0) is 17.9. The van der Waals surface area contributed by atoms with Gasteiger partial charge in [0.25, 0.3) is 0 Å². The van der Waals surface area contributed by atoms with Gasteiger partial charge in [-0.15, -0.1) is 0 Å². The van der Waals surface area contributed by atoms with Crippen molar-refractivity contribution in [1.29, 1.82) is 0 Å². The van der Waals surface area contributed by atoms with Gasteiger partial charge in [0.05, 0.1) is 17.6 Å². The van der Waals surface area contributed by atoms with E-state index in [-0.39, 0.29) is 0 Å². The molecule has 2 aliphatic rings. The van der Waals surface area contributed by atoms with Gasteiger partial charge < -0.3 is 20.3 Å². The van der Waals surface area contributed by atoms with Crippen molar-refractivity contribution in [2.45, 2.75) is 19.3 Å². The minimum atomic E-state index is 0.759. The van der Waals surface area contributed by atoms with E-state index in [1.54, 1.807) is 6.20 Å². The Hall–Kier alpha value is -1.63. The lowest BCUT2D eigenvalue weighted by Crippen LogP contribution is -2.37. The minimum absolute atomic E-state index is 0.759. The van der Waals surface area contributed by atoms with Crippen LogP contribution in [0.25, 0.3) is 0 Å². The van der Waals surface area contributed by atoms with Crippen LogP contribution in [-0.2, 0) is 0 Å². The summed E-state index contributed by atoms with van der Waals surface area (Å²) in [6.07, 6.45) is 7.35. The van der Waals surface area contributed by atoms with Gasteiger partial charge in [-0.2, -0.15) is 0 Å². The van der Waals surface area contributed by atoms with Crippen LogP contribution in [0.1, 0.15) is 19.3 Å². The third kappa shape index (κ3) is 3.72. The summed E-state index contributed by atoms with van der Waals surface area (Å²) in [6.45, 7) is 5.12. The Morgan fingerprint density at radius 3 is 2.77 bits per heavy atom. The molecule has 0 radical (unpaired) electrons. The second kappa shape index (κ2) is 7.94. The van der Waals surface area contributed by atoms with Crippen LogP contribution in [0.4, 0.5) is 11.4 Å². The Morgan fingerprint density at radius 2 is 1.96 bits per heavy atom. The van der Waals surface area contributed by atoms with Crippen LogP contribution in [0.5, 0.6) is 11.5 Å². The Kier molecular flexibility index (Phi) is 5.43. The summed E-state index contributed by atoms with van der Waals surface area (Å²) in [6, 6.07) is 8.23. The maximum absolute atomic E-state index is 6.05. The number of rotatable bonds is 5. The van der Waals surface area contributed by atoms with Crippen molar-refractivity contribution in [1.82, 2.24) is 9.88 Å². The van der Waals surface area contributed by atoms with E-state index in [9.17, 15) is 0 Å². The van der Waals surface area contributed by atoms with Crippen LogP contribution < -0.4 is 15.4 Å². The van der Waals surface area contributed by atoms with Crippen LogP contribution in [-0.4, -0.2) is 42.6 Å². The number of benzene rings is 1. The lowest BCUT2D eigenvalue weighted by molar-refractivity contribution is 0.184. The summed E-state index contributed by atoms with van der Waals surface area (Å²) in [4.78, 5) is 9.09. The van der Waals surface area contributed by atoms with Gasteiger partial charge in [-0.05, 0) is 62.5 Å². The molecule has 26 heavy (non-hydrogen) atoms. The van der Waals surface area contributed by atoms with Gasteiger partial charge >= 0.3 is 0 Å². The Labute approximate surface area is 163 Å². The summed E-state index contributed by atoms with van der Waals surface area (Å²) < 4.78 is 7.12. The summed E-state index contributed by atoms with van der Waals surface area (Å²) in [5.41, 5.74) is 7.91. The number of likely N-dealkylation sites (tertiary alicyclic amines) is 1. The number of aromatic nitrogens is 1. The van der Waals surface area contributed by atoms with Crippen molar-refractivity contribution in [3.63, 3.8) is 0 Å². The Balaban J connectivity index is 1.49. The van der Waals surface area contributed by atoms with Crippen LogP contribution in [0.2, 0.25) is 0 Å². The van der Waals surface area contributed by atoms with Crippen LogP contribution in [0.15, 0.2) is 41.1 Å². The largest absolute Gasteiger partial charge is 0.451 e. The van der Waals surface area contributed by atoms with Crippen molar-refractivity contribution in [2.75, 3.05) is 37.6 Å². The molecule has 2 aromatic rings. The highest BCUT2D eigenvalue weighted by molar-refractivity contribution is 9.10. The van der Waals surface area contributed by atoms with Crippen molar-refractivity contribution in [3.8, 4) is 11.5 Å². The second-order valence-electron chi connectivity index (χ2n) is 7.07. The maximum Gasteiger partial charge on any atom is 0.169 e. The van der Waals surface area contributed by atoms with Crippen LogP contribution in [0, 0.1) is 5.92 Å². The molecule has 1 aromatic carbocycles. The van der Waals surface area contributed by atoms with E-state index >= 15 is 0 Å². The number of fused-ring (bicyclic) bond motifs is 2. The third-order valence-electron chi connectivity index (χ3n) is 5.40. The molecule has 1 saturated heterocycles. The molecule has 0 saturated carbocycles. The van der Waals surface area contributed by atoms with Crippen molar-refractivity contribution >= 4 is 27.3 Å². The molecule has 0 unspecified atom stereocenters. The lowest BCUT2D eigenvalue weighted by atomic mass is 9.93. The molecule has 0 aliphatic carbocycles. The number of nitrogens with two attached hydrogens (primary N) is 1. The predicted molar refractivity (Wildman–Crippen MR) is 108 cm³/mol. The molecule has 2 N–H and O–H groups in total. The number of hydrogen-bond acceptors (Lipinski definition) is 5. The molecule has 1 aromatic heterocycles. The number of halogens is 1. The van der Waals surface area contributed by atoms with E-state index in [4.69, 9.17) is 10.5 Å². The molecule has 0 amide bonds. The first kappa shape index (κ1) is 17.8. The highest BCUT2D eigenvalue weighted by Gasteiger charge is 2.26. The van der Waals surface area contributed by atoms with E-state index in [0.717, 1.165) is 52.9 Å². The summed E-state index contributed by atoms with van der Waals surface area (Å²) in [7, 11) is 0. The fourth-order valence-corrected chi connectivity index (χ4v) is 4.29. The van der Waals surface area contributed by atoms with Crippen molar-refractivity contribution in [3.05, 3.63) is 41.1 Å². The zero-order valence-corrected chi connectivity index (χ0v) is 16.5. The topological polar surface area (TPSA) is 54.6 Å². The van der Waals surface area contributed by atoms with Gasteiger partial charge in [0.2, 0.25) is 0 Å². The zero-order valence-electron chi connectivity index (χ0n) is 14.9. The first-order valence-electron chi connectivity index (χ1n) is 9.36. The summed E-state index contributed by atoms with van der Waals surface area (Å²) in [5.74, 6) is 2.50. The molecule has 0 atom stereocenters. The van der Waals surface area contributed by atoms with Crippen molar-refractivity contribution in [2.24, 2.45) is 11.7 Å². The molecular formula is C20H25BrN4O. The van der Waals surface area contributed by atoms with E-state index in [1.807, 2.05) is 24.4 Å². The number of ether oxygens (including phenoxy) is 1. The number of piperidine rings is 1. The lowest BCUT2D eigenvalue weighted by Gasteiger charge is -2.35. The van der Waals surface area contributed by atoms with Gasteiger partial charge in [0, 0.05) is 30.3 Å². The molecule has 0 spiro atoms. The minimum Gasteiger partial charge on any atom is -0.451 e. The van der Waals surface area contributed by atoms with Gasteiger partial charge in [-0.1, -0.05) is 15.9 Å². The first-order valence-corrected chi connectivity index (χ1v) is 10.2. The summed E-state index contributed by atoms with van der Waals surface area (Å²) in [5, 5.41) is 0. The van der Waals surface area contributed by atoms with E-state index in [0.29, 0.717) is 0 Å². The van der Waals surface area contributed by atoms with E-state index in [2.05, 4.69) is 36.8 Å². The Bertz CT molecular complexity index is 761. The normalized spacial score (nSPS) is 17.5. The average molecular weight is 417 g/mol. The molecule has 1 fully saturated rings.